The predicted molar refractivity (Wildman–Crippen MR) is 232 cm³/mol. The minimum atomic E-state index is -0.567. The third kappa shape index (κ3) is 24.5. The Morgan fingerprint density at radius 1 is 0.600 bits per heavy atom. The first kappa shape index (κ1) is 48.4. The lowest BCUT2D eigenvalue weighted by molar-refractivity contribution is -0.701. The van der Waals surface area contributed by atoms with E-state index < -0.39 is 6.10 Å². The Morgan fingerprint density at radius 3 is 1.58 bits per heavy atom. The predicted octanol–water partition coefficient (Wildman–Crippen LogP) is 13.8. The Labute approximate surface area is 339 Å². The third-order valence-corrected chi connectivity index (χ3v) is 11.1. The molecule has 0 fully saturated rings. The molecule has 1 unspecified atom stereocenters. The van der Waals surface area contributed by atoms with Crippen molar-refractivity contribution in [2.75, 3.05) is 13.7 Å². The van der Waals surface area contributed by atoms with Gasteiger partial charge in [-0.05, 0) is 38.3 Å². The molecule has 1 atom stereocenters. The number of nitrogens with one attached hydrogen (secondary N) is 1. The maximum atomic E-state index is 13.6. The molecular weight excluding hydrogens is 681 g/mol. The largest absolute Gasteiger partial charge is 0.493 e. The number of methoxy groups -OCH3 is 1. The molecule has 0 saturated carbocycles. The molecule has 55 heavy (non-hydrogen) atoms. The van der Waals surface area contributed by atoms with E-state index in [0.717, 1.165) is 37.3 Å². The number of aryl methyl sites for hydroxylation is 1. The fourth-order valence-corrected chi connectivity index (χ4v) is 7.52. The van der Waals surface area contributed by atoms with Crippen molar-refractivity contribution in [3.63, 3.8) is 0 Å². The molecule has 314 valence electrons. The molecule has 0 aliphatic carbocycles. The van der Waals surface area contributed by atoms with Gasteiger partial charge in [0.15, 0.2) is 23.8 Å². The minimum Gasteiger partial charge on any atom is -0.493 e. The number of aromatic nitrogens is 1. The zero-order chi connectivity index (χ0) is 39.4. The Balaban J connectivity index is 1.75. The summed E-state index contributed by atoms with van der Waals surface area (Å²) < 4.78 is 20.4. The number of hydrogen-bond donors (Lipinski definition) is 1. The van der Waals surface area contributed by atoms with Crippen molar-refractivity contribution >= 4 is 5.91 Å². The van der Waals surface area contributed by atoms with Crippen LogP contribution in [0.1, 0.15) is 213 Å². The summed E-state index contributed by atoms with van der Waals surface area (Å²) in [5, 5.41) is 3.16. The van der Waals surface area contributed by atoms with Crippen molar-refractivity contribution in [2.45, 2.75) is 226 Å². The molecule has 2 aromatic rings. The van der Waals surface area contributed by atoms with Crippen molar-refractivity contribution < 1.29 is 23.6 Å². The molecule has 6 heteroatoms. The molecule has 1 heterocycles. The molecule has 0 radical (unpaired) electrons. The van der Waals surface area contributed by atoms with E-state index >= 15 is 0 Å². The van der Waals surface area contributed by atoms with Gasteiger partial charge in [0.05, 0.1) is 13.7 Å². The summed E-state index contributed by atoms with van der Waals surface area (Å²) >= 11 is 0. The van der Waals surface area contributed by atoms with Crippen molar-refractivity contribution in [3.8, 4) is 17.2 Å². The van der Waals surface area contributed by atoms with Crippen LogP contribution in [0.2, 0.25) is 0 Å². The van der Waals surface area contributed by atoms with Crippen LogP contribution in [0.3, 0.4) is 0 Å². The van der Waals surface area contributed by atoms with E-state index in [4.69, 9.17) is 14.2 Å². The fourth-order valence-electron chi connectivity index (χ4n) is 7.52. The summed E-state index contributed by atoms with van der Waals surface area (Å²) in [6.07, 6.45) is 39.3. The molecule has 6 nitrogen and oxygen atoms in total. The zero-order valence-electron chi connectivity index (χ0n) is 36.3. The molecule has 1 aromatic carbocycles. The Kier molecular flexibility index (Phi) is 30.3. The molecular formula is C49H85N2O4+. The first-order valence-electron chi connectivity index (χ1n) is 23.3. The molecule has 2 rings (SSSR count). The normalized spacial score (nSPS) is 11.8. The molecule has 1 N–H and O–H groups in total. The van der Waals surface area contributed by atoms with Gasteiger partial charge in [0.25, 0.3) is 5.91 Å². The smallest absolute Gasteiger partial charge is 0.261 e. The number of hydrogen-bond acceptors (Lipinski definition) is 4. The lowest BCUT2D eigenvalue weighted by Crippen LogP contribution is -2.43. The maximum Gasteiger partial charge on any atom is 0.261 e. The van der Waals surface area contributed by atoms with Gasteiger partial charge in [0.2, 0.25) is 5.69 Å². The Hall–Kier alpha value is -2.76. The summed E-state index contributed by atoms with van der Waals surface area (Å²) in [4.78, 5) is 13.6. The number of ether oxygens (including phenoxy) is 3. The number of nitrogens with zero attached hydrogens (tertiary/aromatic N) is 1. The number of unbranched alkanes of at least 4 members (excludes halogenated alkanes) is 26. The summed E-state index contributed by atoms with van der Waals surface area (Å²) in [7, 11) is 1.67. The number of pyridine rings is 1. The second-order valence-electron chi connectivity index (χ2n) is 15.9. The van der Waals surface area contributed by atoms with Gasteiger partial charge in [-0.1, -0.05) is 187 Å². The molecule has 0 bridgehead atoms. The van der Waals surface area contributed by atoms with Crippen molar-refractivity contribution in [3.05, 3.63) is 48.3 Å². The van der Waals surface area contributed by atoms with Crippen LogP contribution in [0.25, 0.3) is 0 Å². The van der Waals surface area contributed by atoms with Crippen LogP contribution < -0.4 is 24.1 Å². The topological polar surface area (TPSA) is 60.7 Å². The van der Waals surface area contributed by atoms with Gasteiger partial charge in [0.1, 0.15) is 18.8 Å². The summed E-state index contributed by atoms with van der Waals surface area (Å²) in [6, 6.07) is 11.8. The van der Waals surface area contributed by atoms with Gasteiger partial charge in [-0.15, -0.1) is 0 Å². The Bertz CT molecular complexity index is 1190. The molecule has 0 spiro atoms. The van der Waals surface area contributed by atoms with Gasteiger partial charge in [-0.25, -0.2) is 4.57 Å². The van der Waals surface area contributed by atoms with Gasteiger partial charge in [0, 0.05) is 18.2 Å². The van der Waals surface area contributed by atoms with Gasteiger partial charge in [-0.2, -0.15) is 0 Å². The number of benzene rings is 1. The van der Waals surface area contributed by atoms with E-state index in [1.54, 1.807) is 7.11 Å². The third-order valence-electron chi connectivity index (χ3n) is 11.1. The lowest BCUT2D eigenvalue weighted by Gasteiger charge is -2.20. The monoisotopic (exact) mass is 766 g/mol. The quantitative estimate of drug-likeness (QED) is 0.0546. The first-order chi connectivity index (χ1) is 27.1. The maximum absolute atomic E-state index is 13.6. The number of rotatable bonds is 38. The number of amides is 1. The van der Waals surface area contributed by atoms with Gasteiger partial charge >= 0.3 is 0 Å². The highest BCUT2D eigenvalue weighted by Crippen LogP contribution is 2.32. The van der Waals surface area contributed by atoms with Crippen molar-refractivity contribution in [1.82, 2.24) is 5.32 Å². The van der Waals surface area contributed by atoms with Crippen LogP contribution in [0.15, 0.2) is 42.6 Å². The van der Waals surface area contributed by atoms with Crippen LogP contribution in [0.4, 0.5) is 0 Å². The van der Waals surface area contributed by atoms with E-state index in [-0.39, 0.29) is 5.91 Å². The highest BCUT2D eigenvalue weighted by molar-refractivity contribution is 5.81. The zero-order valence-corrected chi connectivity index (χ0v) is 36.3. The molecule has 0 aliphatic heterocycles. The Morgan fingerprint density at radius 2 is 1.09 bits per heavy atom. The molecule has 1 amide bonds. The van der Waals surface area contributed by atoms with E-state index in [1.807, 2.05) is 30.3 Å². The average molecular weight is 766 g/mol. The summed E-state index contributed by atoms with van der Waals surface area (Å²) in [6.45, 7) is 8.70. The van der Waals surface area contributed by atoms with Crippen molar-refractivity contribution in [2.24, 2.45) is 0 Å². The standard InChI is InChI=1S/C49H84N2O4/c1-5-8-10-12-14-16-18-20-22-24-26-28-30-32-37-47(49(52)50-43-44-36-33-34-40-51(44)7-3)55-45-38-39-46(48(42-45)53-4)54-41-35-31-29-27-25-23-21-19-17-15-13-11-9-6-2/h33-34,36,38-40,42,47H,5-32,35,37,41,43H2,1-4H3/p+1. The van der Waals surface area contributed by atoms with Gasteiger partial charge < -0.3 is 19.5 Å². The highest BCUT2D eigenvalue weighted by Gasteiger charge is 2.22. The fraction of sp³-hybridized carbons (Fsp3) is 0.755. The van der Waals surface area contributed by atoms with Crippen molar-refractivity contribution in [1.29, 1.82) is 0 Å². The van der Waals surface area contributed by atoms with Gasteiger partial charge in [-0.3, -0.25) is 4.79 Å². The second-order valence-corrected chi connectivity index (χ2v) is 15.9. The average Bonchev–Trinajstić information content (AvgIpc) is 3.21. The van der Waals surface area contributed by atoms with E-state index in [1.165, 1.54) is 161 Å². The lowest BCUT2D eigenvalue weighted by atomic mass is 10.0. The molecule has 1 aromatic heterocycles. The SMILES string of the molecule is CCCCCCCCCCCCCCCCOc1ccc(OC(CCCCCCCCCCCCCCCC)C(=O)NCc2cccc[n+]2CC)cc1OC. The number of carbonyl (C=O) groups is 1. The minimum absolute atomic E-state index is 0.0710. The van der Waals surface area contributed by atoms with Crippen LogP contribution in [0.5, 0.6) is 17.2 Å². The highest BCUT2D eigenvalue weighted by atomic mass is 16.5. The first-order valence-corrected chi connectivity index (χ1v) is 23.3. The summed E-state index contributed by atoms with van der Waals surface area (Å²) in [5.41, 5.74) is 1.08. The molecule has 0 saturated heterocycles. The summed E-state index contributed by atoms with van der Waals surface area (Å²) in [5.74, 6) is 1.94. The molecule has 0 aliphatic rings. The van der Waals surface area contributed by atoms with Crippen LogP contribution in [0, 0.1) is 0 Å². The van der Waals surface area contributed by atoms with Crippen LogP contribution in [-0.2, 0) is 17.9 Å². The van der Waals surface area contributed by atoms with E-state index in [9.17, 15) is 4.79 Å². The van der Waals surface area contributed by atoms with Crippen LogP contribution in [-0.4, -0.2) is 25.7 Å². The van der Waals surface area contributed by atoms with E-state index in [2.05, 4.69) is 42.9 Å². The van der Waals surface area contributed by atoms with E-state index in [0.29, 0.717) is 31.1 Å². The second kappa shape index (κ2) is 34.5. The number of carbonyl (C=O) groups excluding carboxylic acids is 1. The van der Waals surface area contributed by atoms with Crippen LogP contribution >= 0.6 is 0 Å².